The van der Waals surface area contributed by atoms with Crippen molar-refractivity contribution in [1.82, 2.24) is 4.98 Å². The zero-order valence-electron chi connectivity index (χ0n) is 15.3. The number of benzene rings is 3. The van der Waals surface area contributed by atoms with Crippen LogP contribution in [-0.4, -0.2) is 22.9 Å². The minimum absolute atomic E-state index is 0.0744. The number of nitro groups is 1. The van der Waals surface area contributed by atoms with Crippen LogP contribution in [0.1, 0.15) is 10.4 Å². The number of anilines is 1. The summed E-state index contributed by atoms with van der Waals surface area (Å²) in [5.41, 5.74) is 2.70. The summed E-state index contributed by atoms with van der Waals surface area (Å²) in [6.07, 6.45) is 0. The molecule has 0 aliphatic carbocycles. The Labute approximate surface area is 164 Å². The summed E-state index contributed by atoms with van der Waals surface area (Å²) in [6.45, 7) is 0. The first-order valence-electron chi connectivity index (χ1n) is 8.64. The highest BCUT2D eigenvalue weighted by atomic mass is 16.6. The molecule has 0 bridgehead atoms. The van der Waals surface area contributed by atoms with Gasteiger partial charge in [-0.2, -0.15) is 0 Å². The lowest BCUT2D eigenvalue weighted by molar-refractivity contribution is -0.384. The van der Waals surface area contributed by atoms with Gasteiger partial charge in [0.05, 0.1) is 12.0 Å². The molecule has 0 saturated carbocycles. The van der Waals surface area contributed by atoms with Crippen LogP contribution in [0.5, 0.6) is 5.75 Å². The number of amides is 1. The highest BCUT2D eigenvalue weighted by molar-refractivity contribution is 6.05. The van der Waals surface area contributed by atoms with Crippen molar-refractivity contribution < 1.29 is 18.9 Å². The van der Waals surface area contributed by atoms with Crippen LogP contribution in [0, 0.1) is 10.1 Å². The number of hydrogen-bond acceptors (Lipinski definition) is 6. The highest BCUT2D eigenvalue weighted by Gasteiger charge is 2.13. The van der Waals surface area contributed by atoms with Crippen molar-refractivity contribution in [2.75, 3.05) is 12.4 Å². The van der Waals surface area contributed by atoms with Gasteiger partial charge in [0.2, 0.25) is 5.89 Å². The first-order chi connectivity index (χ1) is 14.0. The lowest BCUT2D eigenvalue weighted by atomic mass is 10.2. The molecule has 144 valence electrons. The van der Waals surface area contributed by atoms with E-state index in [0.717, 1.165) is 5.56 Å². The molecule has 0 atom stereocenters. The van der Waals surface area contributed by atoms with Crippen molar-refractivity contribution in [3.63, 3.8) is 0 Å². The summed E-state index contributed by atoms with van der Waals surface area (Å²) >= 11 is 0. The summed E-state index contributed by atoms with van der Waals surface area (Å²) in [5.74, 6) is 0.755. The SMILES string of the molecule is COc1cccc(-c2nc3ccc(NC(=O)c4ccc([N+](=O)[O-])cc4)cc3o2)c1. The Balaban J connectivity index is 1.57. The van der Waals surface area contributed by atoms with Gasteiger partial charge >= 0.3 is 0 Å². The molecule has 0 aliphatic rings. The van der Waals surface area contributed by atoms with E-state index >= 15 is 0 Å². The molecular formula is C21H15N3O5. The smallest absolute Gasteiger partial charge is 0.269 e. The number of nitrogens with zero attached hydrogens (tertiary/aromatic N) is 2. The summed E-state index contributed by atoms with van der Waals surface area (Å²) in [7, 11) is 1.59. The van der Waals surface area contributed by atoms with E-state index in [4.69, 9.17) is 9.15 Å². The van der Waals surface area contributed by atoms with Crippen LogP contribution < -0.4 is 10.1 Å². The largest absolute Gasteiger partial charge is 0.497 e. The predicted octanol–water partition coefficient (Wildman–Crippen LogP) is 4.66. The number of ether oxygens (including phenoxy) is 1. The Morgan fingerprint density at radius 2 is 1.90 bits per heavy atom. The minimum Gasteiger partial charge on any atom is -0.497 e. The molecular weight excluding hydrogens is 374 g/mol. The van der Waals surface area contributed by atoms with Gasteiger partial charge in [-0.1, -0.05) is 6.07 Å². The number of methoxy groups -OCH3 is 1. The molecule has 4 aromatic rings. The second kappa shape index (κ2) is 7.43. The molecule has 0 spiro atoms. The van der Waals surface area contributed by atoms with Crippen molar-refractivity contribution in [3.8, 4) is 17.2 Å². The maximum absolute atomic E-state index is 12.4. The number of aromatic nitrogens is 1. The van der Waals surface area contributed by atoms with Gasteiger partial charge < -0.3 is 14.5 Å². The quantitative estimate of drug-likeness (QED) is 0.393. The predicted molar refractivity (Wildman–Crippen MR) is 107 cm³/mol. The average Bonchev–Trinajstić information content (AvgIpc) is 3.17. The highest BCUT2D eigenvalue weighted by Crippen LogP contribution is 2.28. The summed E-state index contributed by atoms with van der Waals surface area (Å²) in [5, 5.41) is 13.5. The first-order valence-corrected chi connectivity index (χ1v) is 8.64. The van der Waals surface area contributed by atoms with Crippen molar-refractivity contribution >= 4 is 28.4 Å². The van der Waals surface area contributed by atoms with Crippen LogP contribution >= 0.6 is 0 Å². The summed E-state index contributed by atoms with van der Waals surface area (Å²) in [4.78, 5) is 27.1. The van der Waals surface area contributed by atoms with Crippen molar-refractivity contribution in [3.05, 3.63) is 82.4 Å². The zero-order chi connectivity index (χ0) is 20.4. The van der Waals surface area contributed by atoms with Crippen LogP contribution in [0.3, 0.4) is 0 Å². The maximum atomic E-state index is 12.4. The number of carbonyl (C=O) groups is 1. The van der Waals surface area contributed by atoms with Gasteiger partial charge in [0.15, 0.2) is 5.58 Å². The summed E-state index contributed by atoms with van der Waals surface area (Å²) < 4.78 is 11.1. The Morgan fingerprint density at radius 3 is 2.62 bits per heavy atom. The first kappa shape index (κ1) is 18.2. The minimum atomic E-state index is -0.514. The molecule has 8 heteroatoms. The van der Waals surface area contributed by atoms with E-state index in [1.807, 2.05) is 24.3 Å². The molecule has 3 aromatic carbocycles. The number of nitrogens with one attached hydrogen (secondary N) is 1. The van der Waals surface area contributed by atoms with Crippen LogP contribution in [0.2, 0.25) is 0 Å². The van der Waals surface area contributed by atoms with E-state index in [9.17, 15) is 14.9 Å². The van der Waals surface area contributed by atoms with E-state index in [1.165, 1.54) is 24.3 Å². The van der Waals surface area contributed by atoms with Crippen LogP contribution in [0.4, 0.5) is 11.4 Å². The van der Waals surface area contributed by atoms with Gasteiger partial charge in [0.1, 0.15) is 11.3 Å². The van der Waals surface area contributed by atoms with Gasteiger partial charge in [0.25, 0.3) is 11.6 Å². The molecule has 0 fully saturated rings. The maximum Gasteiger partial charge on any atom is 0.269 e. The fourth-order valence-corrected chi connectivity index (χ4v) is 2.82. The normalized spacial score (nSPS) is 10.7. The molecule has 0 unspecified atom stereocenters. The Morgan fingerprint density at radius 1 is 1.10 bits per heavy atom. The second-order valence-corrected chi connectivity index (χ2v) is 6.19. The summed E-state index contributed by atoms with van der Waals surface area (Å²) in [6, 6.07) is 17.9. The molecule has 1 aromatic heterocycles. The number of hydrogen-bond donors (Lipinski definition) is 1. The molecule has 1 amide bonds. The molecule has 0 aliphatic heterocycles. The monoisotopic (exact) mass is 389 g/mol. The third-order valence-electron chi connectivity index (χ3n) is 4.30. The Kier molecular flexibility index (Phi) is 4.66. The second-order valence-electron chi connectivity index (χ2n) is 6.19. The van der Waals surface area contributed by atoms with E-state index in [0.29, 0.717) is 34.0 Å². The van der Waals surface area contributed by atoms with E-state index in [-0.39, 0.29) is 11.6 Å². The number of rotatable bonds is 5. The van der Waals surface area contributed by atoms with E-state index < -0.39 is 4.92 Å². The molecule has 0 radical (unpaired) electrons. The topological polar surface area (TPSA) is 108 Å². The molecule has 8 nitrogen and oxygen atoms in total. The van der Waals surface area contributed by atoms with Gasteiger partial charge in [-0.15, -0.1) is 0 Å². The van der Waals surface area contributed by atoms with Gasteiger partial charge in [0, 0.05) is 35.0 Å². The third-order valence-corrected chi connectivity index (χ3v) is 4.30. The number of carbonyl (C=O) groups excluding carboxylic acids is 1. The Hall–Kier alpha value is -4.20. The standard InChI is InChI=1S/C21H15N3O5/c1-28-17-4-2-3-14(11-17)21-23-18-10-7-15(12-19(18)29-21)22-20(25)13-5-8-16(9-6-13)24(26)27/h2-12H,1H3,(H,22,25). The van der Waals surface area contributed by atoms with Gasteiger partial charge in [-0.05, 0) is 42.5 Å². The molecule has 0 saturated heterocycles. The zero-order valence-corrected chi connectivity index (χ0v) is 15.3. The fraction of sp³-hybridized carbons (Fsp3) is 0.0476. The van der Waals surface area contributed by atoms with Gasteiger partial charge in [-0.25, -0.2) is 4.98 Å². The molecule has 29 heavy (non-hydrogen) atoms. The number of oxazole rings is 1. The molecule has 1 heterocycles. The number of fused-ring (bicyclic) bond motifs is 1. The fourth-order valence-electron chi connectivity index (χ4n) is 2.82. The van der Waals surface area contributed by atoms with Crippen molar-refractivity contribution in [2.45, 2.75) is 0 Å². The number of nitro benzene ring substituents is 1. The van der Waals surface area contributed by atoms with E-state index in [1.54, 1.807) is 25.3 Å². The van der Waals surface area contributed by atoms with E-state index in [2.05, 4.69) is 10.3 Å². The third kappa shape index (κ3) is 3.77. The average molecular weight is 389 g/mol. The van der Waals surface area contributed by atoms with Crippen molar-refractivity contribution in [1.29, 1.82) is 0 Å². The lowest BCUT2D eigenvalue weighted by Gasteiger charge is -2.04. The molecule has 4 rings (SSSR count). The number of non-ortho nitro benzene ring substituents is 1. The van der Waals surface area contributed by atoms with Crippen LogP contribution in [0.15, 0.2) is 71.1 Å². The van der Waals surface area contributed by atoms with Crippen LogP contribution in [-0.2, 0) is 0 Å². The van der Waals surface area contributed by atoms with Crippen LogP contribution in [0.25, 0.3) is 22.6 Å². The molecule has 1 N–H and O–H groups in total. The lowest BCUT2D eigenvalue weighted by Crippen LogP contribution is -2.11. The Bertz CT molecular complexity index is 1210. The van der Waals surface area contributed by atoms with Crippen molar-refractivity contribution in [2.24, 2.45) is 0 Å². The van der Waals surface area contributed by atoms with Gasteiger partial charge in [-0.3, -0.25) is 14.9 Å².